The number of benzene rings is 1. The van der Waals surface area contributed by atoms with Crippen molar-refractivity contribution >= 4 is 20.9 Å². The summed E-state index contributed by atoms with van der Waals surface area (Å²) in [4.78, 5) is 11.0. The predicted molar refractivity (Wildman–Crippen MR) is 84.7 cm³/mol. The zero-order chi connectivity index (χ0) is 17.8. The lowest BCUT2D eigenvalue weighted by Gasteiger charge is -2.17. The van der Waals surface area contributed by atoms with E-state index in [-0.39, 0.29) is 17.7 Å². The molecule has 0 saturated heterocycles. The van der Waals surface area contributed by atoms with E-state index >= 15 is 0 Å². The standard InChI is InChI=1S/C14H20N2O6S/c1-16-10(14(18)19)6-8-4-5-9(11(7-8)22-2)12(17)13(15)23(3,20)21/h4-5,7,10,12,15-17H,6H2,1-3H3,(H,18,19)/t10-,12?/m0/s1. The van der Waals surface area contributed by atoms with Gasteiger partial charge in [0.15, 0.2) is 14.9 Å². The van der Waals surface area contributed by atoms with E-state index in [1.807, 2.05) is 0 Å². The number of carbonyl (C=O) groups is 1. The second-order valence-electron chi connectivity index (χ2n) is 5.00. The van der Waals surface area contributed by atoms with Crippen molar-refractivity contribution in [2.75, 3.05) is 20.4 Å². The maximum atomic E-state index is 11.4. The highest BCUT2D eigenvalue weighted by atomic mass is 32.2. The van der Waals surface area contributed by atoms with Crippen molar-refractivity contribution < 1.29 is 28.2 Å². The van der Waals surface area contributed by atoms with Crippen LogP contribution in [0.25, 0.3) is 0 Å². The molecule has 0 saturated carbocycles. The Kier molecular flexibility index (Phi) is 6.25. The highest BCUT2D eigenvalue weighted by Crippen LogP contribution is 2.28. The number of methoxy groups -OCH3 is 1. The Labute approximate surface area is 134 Å². The summed E-state index contributed by atoms with van der Waals surface area (Å²) in [5, 5.41) is 28.4. The fourth-order valence-electron chi connectivity index (χ4n) is 2.00. The van der Waals surface area contributed by atoms with Gasteiger partial charge < -0.3 is 20.3 Å². The lowest BCUT2D eigenvalue weighted by molar-refractivity contribution is -0.139. The van der Waals surface area contributed by atoms with E-state index < -0.39 is 33.0 Å². The Morgan fingerprint density at radius 1 is 1.43 bits per heavy atom. The zero-order valence-corrected chi connectivity index (χ0v) is 13.8. The number of hydrogen-bond acceptors (Lipinski definition) is 7. The smallest absolute Gasteiger partial charge is 0.321 e. The van der Waals surface area contributed by atoms with Crippen LogP contribution >= 0.6 is 0 Å². The fraction of sp³-hybridized carbons (Fsp3) is 0.429. The minimum Gasteiger partial charge on any atom is -0.496 e. The van der Waals surface area contributed by atoms with Gasteiger partial charge in [0.05, 0.1) is 7.11 Å². The molecule has 0 aliphatic rings. The Balaban J connectivity index is 3.14. The monoisotopic (exact) mass is 344 g/mol. The number of ether oxygens (including phenoxy) is 1. The Morgan fingerprint density at radius 2 is 2.04 bits per heavy atom. The number of rotatable bonds is 7. The van der Waals surface area contributed by atoms with Crippen LogP contribution in [0.4, 0.5) is 0 Å². The molecule has 0 amide bonds. The minimum absolute atomic E-state index is 0.128. The van der Waals surface area contributed by atoms with Crippen LogP contribution in [0.5, 0.6) is 5.75 Å². The highest BCUT2D eigenvalue weighted by molar-refractivity contribution is 8.05. The normalized spacial score (nSPS) is 14.1. The van der Waals surface area contributed by atoms with Gasteiger partial charge in [-0.1, -0.05) is 12.1 Å². The minimum atomic E-state index is -3.83. The summed E-state index contributed by atoms with van der Waals surface area (Å²) < 4.78 is 27.9. The number of likely N-dealkylation sites (N-methyl/N-ethyl adjacent to an activating group) is 1. The third-order valence-corrected chi connectivity index (χ3v) is 4.35. The number of sulfone groups is 1. The van der Waals surface area contributed by atoms with Gasteiger partial charge in [-0.15, -0.1) is 0 Å². The SMILES string of the molecule is CN[C@@H](Cc1ccc(C(O)C(=N)S(C)(=O)=O)c(OC)c1)C(=O)O. The molecule has 0 aromatic heterocycles. The third-order valence-electron chi connectivity index (χ3n) is 3.33. The first-order valence-corrected chi connectivity index (χ1v) is 8.54. The summed E-state index contributed by atoms with van der Waals surface area (Å²) in [5.74, 6) is -0.821. The van der Waals surface area contributed by atoms with Crippen LogP contribution in [0.15, 0.2) is 18.2 Å². The molecule has 128 valence electrons. The second kappa shape index (κ2) is 7.53. The maximum absolute atomic E-state index is 11.4. The molecule has 0 fully saturated rings. The third kappa shape index (κ3) is 4.75. The Morgan fingerprint density at radius 3 is 2.48 bits per heavy atom. The highest BCUT2D eigenvalue weighted by Gasteiger charge is 2.26. The molecule has 0 bridgehead atoms. The second-order valence-corrected chi connectivity index (χ2v) is 6.98. The van der Waals surface area contributed by atoms with Crippen LogP contribution in [0.1, 0.15) is 17.2 Å². The van der Waals surface area contributed by atoms with Gasteiger partial charge in [0.2, 0.25) is 0 Å². The molecule has 2 atom stereocenters. The van der Waals surface area contributed by atoms with E-state index in [0.717, 1.165) is 6.26 Å². The average Bonchev–Trinajstić information content (AvgIpc) is 2.49. The number of aliphatic hydroxyl groups excluding tert-OH is 1. The molecule has 0 radical (unpaired) electrons. The molecule has 9 heteroatoms. The summed E-state index contributed by atoms with van der Waals surface area (Å²) in [6.07, 6.45) is -0.625. The van der Waals surface area contributed by atoms with Crippen LogP contribution in [0, 0.1) is 5.41 Å². The maximum Gasteiger partial charge on any atom is 0.321 e. The molecule has 8 nitrogen and oxygen atoms in total. The first-order chi connectivity index (χ1) is 10.6. The number of aliphatic hydroxyl groups is 1. The van der Waals surface area contributed by atoms with Gasteiger partial charge >= 0.3 is 5.97 Å². The van der Waals surface area contributed by atoms with Crippen molar-refractivity contribution in [1.82, 2.24) is 5.32 Å². The van der Waals surface area contributed by atoms with Crippen molar-refractivity contribution in [3.05, 3.63) is 29.3 Å². The largest absolute Gasteiger partial charge is 0.496 e. The van der Waals surface area contributed by atoms with E-state index in [4.69, 9.17) is 15.3 Å². The fourth-order valence-corrected chi connectivity index (χ4v) is 2.53. The van der Waals surface area contributed by atoms with Crippen molar-refractivity contribution in [2.24, 2.45) is 0 Å². The molecule has 4 N–H and O–H groups in total. The quantitative estimate of drug-likeness (QED) is 0.402. The van der Waals surface area contributed by atoms with Crippen LogP contribution in [-0.4, -0.2) is 56.1 Å². The summed E-state index contributed by atoms with van der Waals surface area (Å²) in [7, 11) is -0.961. The van der Waals surface area contributed by atoms with Gasteiger partial charge in [0.1, 0.15) is 17.9 Å². The first-order valence-electron chi connectivity index (χ1n) is 6.65. The average molecular weight is 344 g/mol. The molecule has 0 aliphatic heterocycles. The molecule has 0 spiro atoms. The van der Waals surface area contributed by atoms with Gasteiger partial charge in [-0.05, 0) is 25.1 Å². The van der Waals surface area contributed by atoms with Gasteiger partial charge in [-0.2, -0.15) is 0 Å². The lowest BCUT2D eigenvalue weighted by Crippen LogP contribution is -2.35. The van der Waals surface area contributed by atoms with E-state index in [1.165, 1.54) is 26.3 Å². The van der Waals surface area contributed by atoms with Crippen molar-refractivity contribution in [2.45, 2.75) is 18.6 Å². The summed E-state index contributed by atoms with van der Waals surface area (Å²) in [6.45, 7) is 0. The van der Waals surface area contributed by atoms with E-state index in [0.29, 0.717) is 5.56 Å². The summed E-state index contributed by atoms with van der Waals surface area (Å²) in [6, 6.07) is 3.71. The molecule has 0 aliphatic carbocycles. The van der Waals surface area contributed by atoms with Crippen LogP contribution < -0.4 is 10.1 Å². The topological polar surface area (TPSA) is 137 Å². The van der Waals surface area contributed by atoms with Crippen LogP contribution in [0.3, 0.4) is 0 Å². The molecule has 1 aromatic rings. The molecular weight excluding hydrogens is 324 g/mol. The zero-order valence-electron chi connectivity index (χ0n) is 13.0. The van der Waals surface area contributed by atoms with Crippen LogP contribution in [0.2, 0.25) is 0 Å². The lowest BCUT2D eigenvalue weighted by atomic mass is 10.0. The number of carboxylic acids is 1. The molecular formula is C14H20N2O6S. The van der Waals surface area contributed by atoms with E-state index in [9.17, 15) is 18.3 Å². The van der Waals surface area contributed by atoms with E-state index in [2.05, 4.69) is 5.32 Å². The molecule has 0 heterocycles. The van der Waals surface area contributed by atoms with Gasteiger partial charge in [-0.3, -0.25) is 10.2 Å². The van der Waals surface area contributed by atoms with Crippen molar-refractivity contribution in [1.29, 1.82) is 5.41 Å². The Hall–Kier alpha value is -1.97. The summed E-state index contributed by atoms with van der Waals surface area (Å²) in [5.41, 5.74) is 0.758. The Bertz CT molecular complexity index is 701. The van der Waals surface area contributed by atoms with Gasteiger partial charge in [0.25, 0.3) is 0 Å². The first kappa shape index (κ1) is 19.1. The van der Waals surface area contributed by atoms with Crippen LogP contribution in [-0.2, 0) is 21.1 Å². The van der Waals surface area contributed by atoms with Gasteiger partial charge in [-0.25, -0.2) is 8.42 Å². The molecule has 23 heavy (non-hydrogen) atoms. The number of hydrogen-bond donors (Lipinski definition) is 4. The number of carboxylic acid groups (broad SMARTS) is 1. The van der Waals surface area contributed by atoms with Gasteiger partial charge in [0, 0.05) is 11.8 Å². The van der Waals surface area contributed by atoms with E-state index in [1.54, 1.807) is 6.07 Å². The molecule has 1 aromatic carbocycles. The van der Waals surface area contributed by atoms with Crippen molar-refractivity contribution in [3.8, 4) is 5.75 Å². The number of aliphatic carboxylic acids is 1. The summed E-state index contributed by atoms with van der Waals surface area (Å²) >= 11 is 0. The molecule has 1 rings (SSSR count). The predicted octanol–water partition coefficient (Wildman–Crippen LogP) is -0.0344. The molecule has 1 unspecified atom stereocenters. The van der Waals surface area contributed by atoms with Crippen molar-refractivity contribution in [3.63, 3.8) is 0 Å². The number of nitrogens with one attached hydrogen (secondary N) is 2.